The molecule has 0 saturated carbocycles. The molecule has 0 fully saturated rings. The summed E-state index contributed by atoms with van der Waals surface area (Å²) in [6, 6.07) is 13.6. The van der Waals surface area contributed by atoms with Crippen LogP contribution in [0.25, 0.3) is 0 Å². The largest absolute Gasteiger partial charge is 0.482 e. The van der Waals surface area contributed by atoms with Crippen molar-refractivity contribution in [2.75, 3.05) is 6.61 Å². The summed E-state index contributed by atoms with van der Waals surface area (Å²) in [5.74, 6) is 0.0530. The molecule has 0 aliphatic carbocycles. The Hall–Kier alpha value is -2.82. The predicted molar refractivity (Wildman–Crippen MR) is 89.3 cm³/mol. The van der Waals surface area contributed by atoms with Gasteiger partial charge in [-0.05, 0) is 56.7 Å². The molecule has 0 radical (unpaired) electrons. The molecule has 0 aliphatic heterocycles. The molecular weight excluding hydrogens is 308 g/mol. The van der Waals surface area contributed by atoms with Gasteiger partial charge in [-0.3, -0.25) is 0 Å². The fourth-order valence-electron chi connectivity index (χ4n) is 1.96. The molecule has 0 saturated heterocycles. The molecule has 0 unspecified atom stereocenters. The summed E-state index contributed by atoms with van der Waals surface area (Å²) >= 11 is 0. The summed E-state index contributed by atoms with van der Waals surface area (Å²) < 4.78 is 15.7. The maximum absolute atomic E-state index is 11.8. The minimum atomic E-state index is -0.518. The molecule has 126 valence electrons. The van der Waals surface area contributed by atoms with E-state index in [-0.39, 0.29) is 12.7 Å². The van der Waals surface area contributed by atoms with Gasteiger partial charge in [-0.25, -0.2) is 9.59 Å². The van der Waals surface area contributed by atoms with Crippen molar-refractivity contribution in [3.8, 4) is 11.5 Å². The molecular formula is C19H20O5. The Morgan fingerprint density at radius 2 is 1.67 bits per heavy atom. The number of ether oxygens (including phenoxy) is 3. The highest BCUT2D eigenvalue weighted by Crippen LogP contribution is 2.17. The Balaban J connectivity index is 1.88. The molecule has 0 atom stereocenters. The number of para-hydroxylation sites is 1. The van der Waals surface area contributed by atoms with Gasteiger partial charge in [0.2, 0.25) is 0 Å². The number of hydrogen-bond acceptors (Lipinski definition) is 5. The van der Waals surface area contributed by atoms with Crippen molar-refractivity contribution in [3.05, 3.63) is 59.7 Å². The van der Waals surface area contributed by atoms with E-state index in [9.17, 15) is 9.59 Å². The summed E-state index contributed by atoms with van der Waals surface area (Å²) in [4.78, 5) is 23.6. The van der Waals surface area contributed by atoms with Crippen LogP contribution in [0.4, 0.5) is 0 Å². The first kappa shape index (κ1) is 17.5. The summed E-state index contributed by atoms with van der Waals surface area (Å²) in [6.07, 6.45) is -0.186. The van der Waals surface area contributed by atoms with Crippen LogP contribution in [0.2, 0.25) is 0 Å². The van der Waals surface area contributed by atoms with Gasteiger partial charge in [0, 0.05) is 0 Å². The Kier molecular flexibility index (Phi) is 5.95. The highest BCUT2D eigenvalue weighted by molar-refractivity contribution is 5.89. The number of hydrogen-bond donors (Lipinski definition) is 0. The molecule has 2 aromatic carbocycles. The molecule has 0 aromatic heterocycles. The number of carbonyl (C=O) groups excluding carboxylic acids is 2. The van der Waals surface area contributed by atoms with Crippen LogP contribution in [0.15, 0.2) is 48.5 Å². The van der Waals surface area contributed by atoms with E-state index >= 15 is 0 Å². The summed E-state index contributed by atoms with van der Waals surface area (Å²) in [6.45, 7) is 5.27. The van der Waals surface area contributed by atoms with Crippen molar-refractivity contribution in [3.63, 3.8) is 0 Å². The lowest BCUT2D eigenvalue weighted by molar-refractivity contribution is -0.136. The summed E-state index contributed by atoms with van der Waals surface area (Å²) in [7, 11) is 0. The molecule has 0 N–H and O–H groups in total. The van der Waals surface area contributed by atoms with Crippen LogP contribution < -0.4 is 9.47 Å². The molecule has 24 heavy (non-hydrogen) atoms. The van der Waals surface area contributed by atoms with Gasteiger partial charge in [-0.15, -0.1) is 0 Å². The summed E-state index contributed by atoms with van der Waals surface area (Å²) in [5, 5.41) is 0. The van der Waals surface area contributed by atoms with Gasteiger partial charge in [0.25, 0.3) is 0 Å². The summed E-state index contributed by atoms with van der Waals surface area (Å²) in [5.41, 5.74) is 1.35. The van der Waals surface area contributed by atoms with Crippen LogP contribution in [0.3, 0.4) is 0 Å². The Labute approximate surface area is 141 Å². The Morgan fingerprint density at radius 1 is 1.00 bits per heavy atom. The van der Waals surface area contributed by atoms with E-state index < -0.39 is 11.9 Å². The molecule has 0 aliphatic rings. The van der Waals surface area contributed by atoms with Gasteiger partial charge in [-0.2, -0.15) is 0 Å². The van der Waals surface area contributed by atoms with Crippen molar-refractivity contribution < 1.29 is 23.8 Å². The zero-order chi connectivity index (χ0) is 17.5. The van der Waals surface area contributed by atoms with Crippen molar-refractivity contribution in [2.45, 2.75) is 26.9 Å². The van der Waals surface area contributed by atoms with Crippen molar-refractivity contribution >= 4 is 11.9 Å². The first-order chi connectivity index (χ1) is 11.5. The molecule has 0 bridgehead atoms. The number of carbonyl (C=O) groups is 2. The van der Waals surface area contributed by atoms with E-state index in [1.54, 1.807) is 44.2 Å². The van der Waals surface area contributed by atoms with E-state index in [4.69, 9.17) is 14.2 Å². The standard InChI is InChI=1S/C19H20O5/c1-13(2)23-19(21)15-8-10-16(11-9-15)24-18(20)12-22-17-7-5-4-6-14(17)3/h4-11,13H,12H2,1-3H3. The molecule has 0 heterocycles. The normalized spacial score (nSPS) is 10.3. The van der Waals surface area contributed by atoms with Crippen LogP contribution in [0, 0.1) is 6.92 Å². The van der Waals surface area contributed by atoms with Gasteiger partial charge < -0.3 is 14.2 Å². The topological polar surface area (TPSA) is 61.8 Å². The van der Waals surface area contributed by atoms with E-state index in [0.717, 1.165) is 5.56 Å². The quantitative estimate of drug-likeness (QED) is 0.599. The van der Waals surface area contributed by atoms with E-state index in [1.165, 1.54) is 0 Å². The van der Waals surface area contributed by atoms with Crippen molar-refractivity contribution in [1.29, 1.82) is 0 Å². The first-order valence-electron chi connectivity index (χ1n) is 7.66. The Bertz CT molecular complexity index is 704. The average molecular weight is 328 g/mol. The second-order valence-corrected chi connectivity index (χ2v) is 5.51. The highest BCUT2D eigenvalue weighted by Gasteiger charge is 2.11. The monoisotopic (exact) mass is 328 g/mol. The first-order valence-corrected chi connectivity index (χ1v) is 7.66. The second kappa shape index (κ2) is 8.15. The van der Waals surface area contributed by atoms with Crippen molar-refractivity contribution in [2.24, 2.45) is 0 Å². The molecule has 2 rings (SSSR count). The predicted octanol–water partition coefficient (Wildman–Crippen LogP) is 3.54. The minimum absolute atomic E-state index is 0.186. The fraction of sp³-hybridized carbons (Fsp3) is 0.263. The smallest absolute Gasteiger partial charge is 0.349 e. The van der Waals surface area contributed by atoms with E-state index in [0.29, 0.717) is 17.1 Å². The van der Waals surface area contributed by atoms with Gasteiger partial charge in [0.15, 0.2) is 6.61 Å². The van der Waals surface area contributed by atoms with Crippen LogP contribution in [0.5, 0.6) is 11.5 Å². The molecule has 5 heteroatoms. The van der Waals surface area contributed by atoms with Crippen LogP contribution in [-0.4, -0.2) is 24.6 Å². The fourth-order valence-corrected chi connectivity index (χ4v) is 1.96. The van der Waals surface area contributed by atoms with E-state index in [2.05, 4.69) is 0 Å². The van der Waals surface area contributed by atoms with Crippen LogP contribution >= 0.6 is 0 Å². The van der Waals surface area contributed by atoms with Crippen molar-refractivity contribution in [1.82, 2.24) is 0 Å². The number of benzene rings is 2. The third kappa shape index (κ3) is 5.12. The lowest BCUT2D eigenvalue weighted by atomic mass is 10.2. The third-order valence-electron chi connectivity index (χ3n) is 3.10. The number of esters is 2. The van der Waals surface area contributed by atoms with Gasteiger partial charge >= 0.3 is 11.9 Å². The molecule has 2 aromatic rings. The van der Waals surface area contributed by atoms with E-state index in [1.807, 2.05) is 25.1 Å². The molecule has 5 nitrogen and oxygen atoms in total. The molecule has 0 spiro atoms. The van der Waals surface area contributed by atoms with Crippen LogP contribution in [0.1, 0.15) is 29.8 Å². The molecule has 0 amide bonds. The van der Waals surface area contributed by atoms with Crippen LogP contribution in [-0.2, 0) is 9.53 Å². The van der Waals surface area contributed by atoms with Gasteiger partial charge in [0.1, 0.15) is 11.5 Å². The Morgan fingerprint density at radius 3 is 2.29 bits per heavy atom. The highest BCUT2D eigenvalue weighted by atomic mass is 16.6. The second-order valence-electron chi connectivity index (χ2n) is 5.51. The maximum Gasteiger partial charge on any atom is 0.349 e. The average Bonchev–Trinajstić information content (AvgIpc) is 2.54. The maximum atomic E-state index is 11.8. The number of rotatable bonds is 6. The zero-order valence-electron chi connectivity index (χ0n) is 13.9. The lowest BCUT2D eigenvalue weighted by Crippen LogP contribution is -2.18. The minimum Gasteiger partial charge on any atom is -0.482 e. The third-order valence-corrected chi connectivity index (χ3v) is 3.10. The number of aryl methyl sites for hydroxylation is 1. The van der Waals surface area contributed by atoms with Gasteiger partial charge in [0.05, 0.1) is 11.7 Å². The zero-order valence-corrected chi connectivity index (χ0v) is 13.9. The SMILES string of the molecule is Cc1ccccc1OCC(=O)Oc1ccc(C(=O)OC(C)C)cc1. The van der Waals surface area contributed by atoms with Gasteiger partial charge in [-0.1, -0.05) is 18.2 Å². The lowest BCUT2D eigenvalue weighted by Gasteiger charge is -2.10.